The molecule has 0 saturated carbocycles. The van der Waals surface area contributed by atoms with Crippen molar-refractivity contribution in [2.45, 2.75) is 26.9 Å². The first-order valence-corrected chi connectivity index (χ1v) is 8.10. The van der Waals surface area contributed by atoms with Crippen molar-refractivity contribution >= 4 is 29.1 Å². The average molecular weight is 349 g/mol. The summed E-state index contributed by atoms with van der Waals surface area (Å²) in [5, 5.41) is 1.80. The van der Waals surface area contributed by atoms with Gasteiger partial charge in [0.25, 0.3) is 5.91 Å². The van der Waals surface area contributed by atoms with Crippen LogP contribution in [0.4, 0.5) is 4.79 Å². The molecule has 128 valence electrons. The molecule has 0 aliphatic rings. The largest absolute Gasteiger partial charge is 0.436 e. The van der Waals surface area contributed by atoms with Crippen LogP contribution in [0.15, 0.2) is 35.8 Å². The van der Waals surface area contributed by atoms with E-state index in [1.165, 1.54) is 16.0 Å². The fourth-order valence-electron chi connectivity index (χ4n) is 2.11. The fraction of sp³-hybridized carbons (Fsp3) is 0.312. The maximum absolute atomic E-state index is 12.5. The number of ketones is 1. The summed E-state index contributed by atoms with van der Waals surface area (Å²) < 4.78 is 6.24. The summed E-state index contributed by atoms with van der Waals surface area (Å²) in [6, 6.07) is 6.73. The lowest BCUT2D eigenvalue weighted by atomic mass is 9.88. The maximum Gasteiger partial charge on any atom is 0.405 e. The lowest BCUT2D eigenvalue weighted by Crippen LogP contribution is -2.45. The Balaban J connectivity index is 2.22. The molecule has 0 saturated heterocycles. The number of nitrogens with zero attached hydrogens (tertiary/aromatic N) is 1. The van der Waals surface area contributed by atoms with E-state index in [4.69, 9.17) is 10.5 Å². The van der Waals surface area contributed by atoms with Gasteiger partial charge in [-0.05, 0) is 23.6 Å². The van der Waals surface area contributed by atoms with E-state index in [1.807, 2.05) is 0 Å². The van der Waals surface area contributed by atoms with Crippen molar-refractivity contribution in [3.05, 3.63) is 46.4 Å². The van der Waals surface area contributed by atoms with Crippen LogP contribution in [0.5, 0.6) is 0 Å². The molecule has 0 spiro atoms. The first-order valence-electron chi connectivity index (χ1n) is 7.22. The molecule has 2 rings (SSSR count). The van der Waals surface area contributed by atoms with Crippen LogP contribution in [-0.4, -0.2) is 28.6 Å². The van der Waals surface area contributed by atoms with E-state index in [0.29, 0.717) is 10.6 Å². The van der Waals surface area contributed by atoms with E-state index in [1.54, 1.807) is 56.6 Å². The molecule has 3 N–H and O–H groups in total. The number of rotatable bonds is 5. The molecule has 0 bridgehead atoms. The molecule has 0 aromatic carbocycles. The molecule has 2 aromatic rings. The number of hydrogen-bond donors (Lipinski definition) is 2. The van der Waals surface area contributed by atoms with Crippen LogP contribution >= 0.6 is 11.3 Å². The Morgan fingerprint density at radius 3 is 2.50 bits per heavy atom. The lowest BCUT2D eigenvalue weighted by molar-refractivity contribution is -0.130. The Morgan fingerprint density at radius 1 is 1.25 bits per heavy atom. The summed E-state index contributed by atoms with van der Waals surface area (Å²) in [5.74, 6) is -0.781. The van der Waals surface area contributed by atoms with Gasteiger partial charge in [0.1, 0.15) is 5.69 Å². The van der Waals surface area contributed by atoms with Crippen LogP contribution in [-0.2, 0) is 9.53 Å². The Morgan fingerprint density at radius 2 is 1.96 bits per heavy atom. The number of aromatic nitrogens is 1. The zero-order valence-corrected chi connectivity index (χ0v) is 14.4. The third-order valence-corrected chi connectivity index (χ3v) is 4.08. The minimum absolute atomic E-state index is 0.210. The zero-order chi connectivity index (χ0) is 17.9. The van der Waals surface area contributed by atoms with E-state index in [0.717, 1.165) is 0 Å². The molecule has 1 unspecified atom stereocenters. The van der Waals surface area contributed by atoms with Crippen LogP contribution in [0.25, 0.3) is 0 Å². The van der Waals surface area contributed by atoms with E-state index >= 15 is 0 Å². The van der Waals surface area contributed by atoms with Gasteiger partial charge >= 0.3 is 6.09 Å². The topological polar surface area (TPSA) is 103 Å². The van der Waals surface area contributed by atoms with Crippen LogP contribution in [0, 0.1) is 5.41 Å². The maximum atomic E-state index is 12.5. The van der Waals surface area contributed by atoms with E-state index in [2.05, 4.69) is 5.43 Å². The summed E-state index contributed by atoms with van der Waals surface area (Å²) in [7, 11) is 0. The van der Waals surface area contributed by atoms with Gasteiger partial charge in [-0.25, -0.2) is 4.79 Å². The second-order valence-electron chi connectivity index (χ2n) is 6.23. The van der Waals surface area contributed by atoms with Crippen LogP contribution < -0.4 is 11.2 Å². The third kappa shape index (κ3) is 4.02. The van der Waals surface area contributed by atoms with Gasteiger partial charge in [0, 0.05) is 11.6 Å². The highest BCUT2D eigenvalue weighted by atomic mass is 32.1. The van der Waals surface area contributed by atoms with Gasteiger partial charge in [-0.2, -0.15) is 0 Å². The second kappa shape index (κ2) is 6.88. The fourth-order valence-corrected chi connectivity index (χ4v) is 2.79. The smallest absolute Gasteiger partial charge is 0.405 e. The zero-order valence-electron chi connectivity index (χ0n) is 13.6. The van der Waals surface area contributed by atoms with Gasteiger partial charge in [0.15, 0.2) is 6.10 Å². The highest BCUT2D eigenvalue weighted by molar-refractivity contribution is 7.12. The molecule has 0 radical (unpaired) electrons. The van der Waals surface area contributed by atoms with Gasteiger partial charge in [0.2, 0.25) is 5.78 Å². The number of amides is 2. The number of hydrogen-bond acceptors (Lipinski definition) is 5. The molecule has 2 amide bonds. The molecule has 0 aliphatic heterocycles. The van der Waals surface area contributed by atoms with E-state index < -0.39 is 23.5 Å². The Kier molecular flexibility index (Phi) is 5.08. The van der Waals surface area contributed by atoms with E-state index in [-0.39, 0.29) is 5.78 Å². The minimum atomic E-state index is -1.10. The Hall–Kier alpha value is -2.61. The second-order valence-corrected chi connectivity index (χ2v) is 7.18. The summed E-state index contributed by atoms with van der Waals surface area (Å²) in [6.45, 7) is 5.23. The van der Waals surface area contributed by atoms with Gasteiger partial charge in [0.05, 0.1) is 4.88 Å². The predicted molar refractivity (Wildman–Crippen MR) is 90.5 cm³/mol. The molecule has 0 aliphatic carbocycles. The number of primary amides is 1. The van der Waals surface area contributed by atoms with Crippen LogP contribution in [0.1, 0.15) is 36.1 Å². The predicted octanol–water partition coefficient (Wildman–Crippen LogP) is 2.36. The molecule has 0 fully saturated rings. The van der Waals surface area contributed by atoms with Gasteiger partial charge in [-0.3, -0.25) is 19.7 Å². The van der Waals surface area contributed by atoms with Crippen molar-refractivity contribution in [1.29, 1.82) is 0 Å². The average Bonchev–Trinajstić information content (AvgIpc) is 3.13. The summed E-state index contributed by atoms with van der Waals surface area (Å²) in [5.41, 5.74) is 7.26. The van der Waals surface area contributed by atoms with Crippen LogP contribution in [0.3, 0.4) is 0 Å². The molecule has 1 atom stereocenters. The van der Waals surface area contributed by atoms with Crippen molar-refractivity contribution in [3.8, 4) is 0 Å². The number of carbonyl (C=O) groups is 3. The first-order chi connectivity index (χ1) is 11.2. The number of carbonyl (C=O) groups excluding carboxylic acids is 3. The van der Waals surface area contributed by atoms with Crippen molar-refractivity contribution in [1.82, 2.24) is 4.68 Å². The van der Waals surface area contributed by atoms with Crippen molar-refractivity contribution in [2.24, 2.45) is 11.1 Å². The van der Waals surface area contributed by atoms with Crippen molar-refractivity contribution in [3.63, 3.8) is 0 Å². The molecule has 8 heteroatoms. The number of nitrogens with two attached hydrogens (primary N) is 1. The Labute approximate surface area is 143 Å². The molecule has 24 heavy (non-hydrogen) atoms. The number of thiophene rings is 1. The van der Waals surface area contributed by atoms with Crippen molar-refractivity contribution in [2.75, 3.05) is 5.43 Å². The number of ether oxygens (including phenoxy) is 1. The van der Waals surface area contributed by atoms with Gasteiger partial charge < -0.3 is 10.5 Å². The normalized spacial score (nSPS) is 12.5. The molecular formula is C16H19N3O4S. The quantitative estimate of drug-likeness (QED) is 0.809. The van der Waals surface area contributed by atoms with Crippen LogP contribution in [0.2, 0.25) is 0 Å². The van der Waals surface area contributed by atoms with E-state index in [9.17, 15) is 14.4 Å². The Bertz CT molecular complexity index is 744. The minimum Gasteiger partial charge on any atom is -0.436 e. The summed E-state index contributed by atoms with van der Waals surface area (Å²) >= 11 is 1.31. The standard InChI is InChI=1S/C16H19N3O4S/c1-16(2,3)13(23-15(17)22)14(21)18-19-8-4-6-10(19)12(20)11-7-5-9-24-11/h4-9,13H,1-3H3,(H2,17,22)(H,18,21). The first kappa shape index (κ1) is 17.7. The molecule has 2 aromatic heterocycles. The highest BCUT2D eigenvalue weighted by Gasteiger charge is 2.35. The van der Waals surface area contributed by atoms with Gasteiger partial charge in [-0.15, -0.1) is 11.3 Å². The molecular weight excluding hydrogens is 330 g/mol. The van der Waals surface area contributed by atoms with Gasteiger partial charge in [-0.1, -0.05) is 26.8 Å². The summed E-state index contributed by atoms with van der Waals surface area (Å²) in [4.78, 5) is 36.5. The molecule has 2 heterocycles. The van der Waals surface area contributed by atoms with Crippen molar-refractivity contribution < 1.29 is 19.1 Å². The SMILES string of the molecule is CC(C)(C)C(OC(N)=O)C(=O)Nn1cccc1C(=O)c1cccs1. The highest BCUT2D eigenvalue weighted by Crippen LogP contribution is 2.23. The number of nitrogens with one attached hydrogen (secondary N) is 1. The third-order valence-electron chi connectivity index (χ3n) is 3.22. The lowest BCUT2D eigenvalue weighted by Gasteiger charge is -2.28. The molecule has 7 nitrogen and oxygen atoms in total. The monoisotopic (exact) mass is 349 g/mol. The summed E-state index contributed by atoms with van der Waals surface area (Å²) in [6.07, 6.45) is -0.586.